The summed E-state index contributed by atoms with van der Waals surface area (Å²) in [4.78, 5) is 21.5. The predicted molar refractivity (Wildman–Crippen MR) is 153 cm³/mol. The van der Waals surface area contributed by atoms with Crippen molar-refractivity contribution in [3.05, 3.63) is 126 Å². The van der Waals surface area contributed by atoms with Crippen LogP contribution in [0.3, 0.4) is 0 Å². The number of amides is 1. The van der Waals surface area contributed by atoms with E-state index in [0.717, 1.165) is 39.9 Å². The van der Waals surface area contributed by atoms with Gasteiger partial charge in [-0.15, -0.1) is 0 Å². The largest absolute Gasteiger partial charge is 0.457 e. The number of ether oxygens (including phenoxy) is 1. The number of anilines is 2. The van der Waals surface area contributed by atoms with Gasteiger partial charge in [-0.05, 0) is 66.1 Å². The summed E-state index contributed by atoms with van der Waals surface area (Å²) >= 11 is 0. The lowest BCUT2D eigenvalue weighted by Gasteiger charge is -2.11. The number of nitrogens with one attached hydrogen (secondary N) is 2. The molecule has 1 aromatic heterocycles. The van der Waals surface area contributed by atoms with Crippen LogP contribution in [0.2, 0.25) is 0 Å². The van der Waals surface area contributed by atoms with Crippen LogP contribution in [0.15, 0.2) is 115 Å². The minimum absolute atomic E-state index is 0.0177. The molecule has 5 aromatic rings. The molecule has 0 aliphatic carbocycles. The van der Waals surface area contributed by atoms with Gasteiger partial charge in [0.2, 0.25) is 0 Å². The van der Waals surface area contributed by atoms with E-state index < -0.39 is 5.91 Å². The summed E-state index contributed by atoms with van der Waals surface area (Å²) in [5.74, 6) is 1.77. The molecule has 1 heterocycles. The standard InChI is InChI=1S/C32H25N5O2/c33-21-25(19-24-7-3-1-4-8-24)32(38)37-26-13-16-30-29(20-26)31(36-22-35-30)34-18-17-23-11-14-28(15-12-23)39-27-9-5-2-6-10-27/h1-16,19-20,22H,17-18H2,(H,37,38)(H,34,35,36)/b25-19+. The Morgan fingerprint density at radius 3 is 2.33 bits per heavy atom. The second-order valence-electron chi connectivity index (χ2n) is 8.72. The number of fused-ring (bicyclic) bond motifs is 1. The van der Waals surface area contributed by atoms with E-state index in [1.807, 2.05) is 103 Å². The van der Waals surface area contributed by atoms with Crippen LogP contribution < -0.4 is 15.4 Å². The highest BCUT2D eigenvalue weighted by Gasteiger charge is 2.11. The molecule has 0 atom stereocenters. The molecular weight excluding hydrogens is 486 g/mol. The summed E-state index contributed by atoms with van der Waals surface area (Å²) < 4.78 is 5.86. The van der Waals surface area contributed by atoms with E-state index in [1.165, 1.54) is 6.33 Å². The molecule has 0 aliphatic heterocycles. The van der Waals surface area contributed by atoms with Crippen molar-refractivity contribution in [1.29, 1.82) is 5.26 Å². The van der Waals surface area contributed by atoms with Crippen LogP contribution in [0.5, 0.6) is 11.5 Å². The van der Waals surface area contributed by atoms with Gasteiger partial charge in [0.05, 0.1) is 5.52 Å². The molecule has 2 N–H and O–H groups in total. The molecule has 1 amide bonds. The van der Waals surface area contributed by atoms with Crippen LogP contribution in [0.4, 0.5) is 11.5 Å². The second-order valence-corrected chi connectivity index (χ2v) is 8.72. The third-order valence-corrected chi connectivity index (χ3v) is 5.98. The van der Waals surface area contributed by atoms with Gasteiger partial charge in [0.25, 0.3) is 5.91 Å². The van der Waals surface area contributed by atoms with E-state index >= 15 is 0 Å². The maximum absolute atomic E-state index is 12.8. The van der Waals surface area contributed by atoms with Crippen LogP contribution in [0, 0.1) is 11.3 Å². The van der Waals surface area contributed by atoms with Gasteiger partial charge in [-0.1, -0.05) is 60.7 Å². The zero-order valence-corrected chi connectivity index (χ0v) is 21.0. The molecule has 0 saturated carbocycles. The maximum atomic E-state index is 12.8. The number of aromatic nitrogens is 2. The Kier molecular flexibility index (Phi) is 7.86. The van der Waals surface area contributed by atoms with Gasteiger partial charge in [-0.25, -0.2) is 9.97 Å². The average Bonchev–Trinajstić information content (AvgIpc) is 2.98. The van der Waals surface area contributed by atoms with Crippen molar-refractivity contribution in [2.45, 2.75) is 6.42 Å². The van der Waals surface area contributed by atoms with Gasteiger partial charge < -0.3 is 15.4 Å². The van der Waals surface area contributed by atoms with Gasteiger partial charge in [0.15, 0.2) is 0 Å². The molecule has 0 unspecified atom stereocenters. The number of benzene rings is 4. The zero-order valence-electron chi connectivity index (χ0n) is 21.0. The van der Waals surface area contributed by atoms with E-state index in [4.69, 9.17) is 4.74 Å². The summed E-state index contributed by atoms with van der Waals surface area (Å²) in [6.07, 6.45) is 3.85. The summed E-state index contributed by atoms with van der Waals surface area (Å²) in [5.41, 5.74) is 3.25. The van der Waals surface area contributed by atoms with Crippen LogP contribution in [0.1, 0.15) is 11.1 Å². The van der Waals surface area contributed by atoms with Crippen LogP contribution in [-0.2, 0) is 11.2 Å². The molecule has 39 heavy (non-hydrogen) atoms. The molecule has 190 valence electrons. The third-order valence-electron chi connectivity index (χ3n) is 5.98. The van der Waals surface area contributed by atoms with E-state index in [9.17, 15) is 10.1 Å². The van der Waals surface area contributed by atoms with E-state index in [1.54, 1.807) is 12.1 Å². The highest BCUT2D eigenvalue weighted by atomic mass is 16.5. The highest BCUT2D eigenvalue weighted by Crippen LogP contribution is 2.24. The van der Waals surface area contributed by atoms with Gasteiger partial charge in [0.1, 0.15) is 35.3 Å². The molecule has 0 fully saturated rings. The van der Waals surface area contributed by atoms with Gasteiger partial charge >= 0.3 is 0 Å². The minimum atomic E-state index is -0.480. The molecule has 4 aromatic carbocycles. The number of hydrogen-bond donors (Lipinski definition) is 2. The number of nitrogens with zero attached hydrogens (tertiary/aromatic N) is 3. The van der Waals surface area contributed by atoms with E-state index in [-0.39, 0.29) is 5.57 Å². The Balaban J connectivity index is 1.23. The molecule has 0 bridgehead atoms. The van der Waals surface area contributed by atoms with E-state index in [2.05, 4.69) is 20.6 Å². The lowest BCUT2D eigenvalue weighted by molar-refractivity contribution is -0.112. The second kappa shape index (κ2) is 12.2. The lowest BCUT2D eigenvalue weighted by Crippen LogP contribution is -2.13. The number of nitriles is 1. The molecule has 5 rings (SSSR count). The minimum Gasteiger partial charge on any atom is -0.457 e. The first kappa shape index (κ1) is 25.2. The van der Waals surface area contributed by atoms with Crippen molar-refractivity contribution in [2.24, 2.45) is 0 Å². The van der Waals surface area contributed by atoms with Crippen molar-refractivity contribution in [3.8, 4) is 17.6 Å². The fourth-order valence-corrected chi connectivity index (χ4v) is 4.01. The summed E-state index contributed by atoms with van der Waals surface area (Å²) in [6.45, 7) is 0.653. The van der Waals surface area contributed by atoms with Crippen molar-refractivity contribution in [2.75, 3.05) is 17.2 Å². The molecule has 0 aliphatic rings. The molecular formula is C32H25N5O2. The topological polar surface area (TPSA) is 99.9 Å². The Hall–Kier alpha value is -5.48. The summed E-state index contributed by atoms with van der Waals surface area (Å²) in [6, 6.07) is 34.3. The SMILES string of the molecule is N#C/C(=C\c1ccccc1)C(=O)Nc1ccc2ncnc(NCCc3ccc(Oc4ccccc4)cc3)c2c1. The Morgan fingerprint density at radius 2 is 1.59 bits per heavy atom. The molecule has 7 heteroatoms. The molecule has 7 nitrogen and oxygen atoms in total. The molecule has 0 radical (unpaired) electrons. The van der Waals surface area contributed by atoms with Crippen molar-refractivity contribution >= 4 is 34.4 Å². The number of hydrogen-bond acceptors (Lipinski definition) is 6. The Bertz CT molecular complexity index is 1640. The Morgan fingerprint density at radius 1 is 0.872 bits per heavy atom. The van der Waals surface area contributed by atoms with Crippen molar-refractivity contribution in [1.82, 2.24) is 9.97 Å². The third kappa shape index (κ3) is 6.64. The van der Waals surface area contributed by atoms with Crippen molar-refractivity contribution < 1.29 is 9.53 Å². The first-order valence-electron chi connectivity index (χ1n) is 12.5. The normalized spacial score (nSPS) is 11.0. The highest BCUT2D eigenvalue weighted by molar-refractivity contribution is 6.10. The lowest BCUT2D eigenvalue weighted by atomic mass is 10.1. The average molecular weight is 512 g/mol. The molecule has 0 spiro atoms. The zero-order chi connectivity index (χ0) is 26.9. The maximum Gasteiger partial charge on any atom is 0.266 e. The fourth-order valence-electron chi connectivity index (χ4n) is 4.01. The van der Waals surface area contributed by atoms with Crippen LogP contribution in [-0.4, -0.2) is 22.4 Å². The predicted octanol–water partition coefficient (Wildman–Crippen LogP) is 6.62. The fraction of sp³-hybridized carbons (Fsp3) is 0.0625. The van der Waals surface area contributed by atoms with E-state index in [0.29, 0.717) is 18.1 Å². The van der Waals surface area contributed by atoms with Crippen LogP contribution >= 0.6 is 0 Å². The quantitative estimate of drug-likeness (QED) is 0.170. The molecule has 0 saturated heterocycles. The summed E-state index contributed by atoms with van der Waals surface area (Å²) in [5, 5.41) is 16.5. The number of rotatable bonds is 9. The van der Waals surface area contributed by atoms with Crippen molar-refractivity contribution in [3.63, 3.8) is 0 Å². The Labute approximate surface area is 226 Å². The van der Waals surface area contributed by atoms with Gasteiger partial charge in [0, 0.05) is 17.6 Å². The van der Waals surface area contributed by atoms with Gasteiger partial charge in [-0.3, -0.25) is 4.79 Å². The number of para-hydroxylation sites is 1. The first-order valence-corrected chi connectivity index (χ1v) is 12.5. The number of carbonyl (C=O) groups is 1. The van der Waals surface area contributed by atoms with Crippen LogP contribution in [0.25, 0.3) is 17.0 Å². The summed E-state index contributed by atoms with van der Waals surface area (Å²) in [7, 11) is 0. The smallest absolute Gasteiger partial charge is 0.266 e. The monoisotopic (exact) mass is 511 g/mol. The van der Waals surface area contributed by atoms with Gasteiger partial charge in [-0.2, -0.15) is 5.26 Å². The number of carbonyl (C=O) groups excluding carboxylic acids is 1. The first-order chi connectivity index (χ1) is 19.2.